The standard InChI is InChI=1S/C20H20F3NO4.C11H12F3NO.C9H10O4.HI/c21-20(22,23)17-3-1-2-4-18(17)28-16-9-10-24(11-16)19(26)27-13-15-7-5-14(12-25)6-8-15;12-11(13,14)9-3-1-2-4-10(9)16-8-5-6-15-7-8;10-5-7-1-3-8(4-2-7)13-6-9(11)12;/h1-8,16,25H,9-13H2;1-4,8,15H,5-7H2;1-4,10H,5-6H2,(H,11,12);1H/t16-;8-;;/m00../s1. The van der Waals surface area contributed by atoms with Gasteiger partial charge in [0.15, 0.2) is 6.61 Å². The minimum Gasteiger partial charge on any atom is -0.488 e. The van der Waals surface area contributed by atoms with E-state index in [2.05, 4.69) is 5.32 Å². The van der Waals surface area contributed by atoms with E-state index in [1.807, 2.05) is 0 Å². The summed E-state index contributed by atoms with van der Waals surface area (Å²) >= 11 is 0. The van der Waals surface area contributed by atoms with Crippen molar-refractivity contribution in [2.75, 3.05) is 32.8 Å². The number of benzene rings is 4. The third-order valence-corrected chi connectivity index (χ3v) is 8.43. The first-order valence-electron chi connectivity index (χ1n) is 17.7. The average Bonchev–Trinajstić information content (AvgIpc) is 3.89. The largest absolute Gasteiger partial charge is 0.488 e. The number of hydrogen-bond acceptors (Lipinski definition) is 9. The first-order valence-corrected chi connectivity index (χ1v) is 17.7. The Balaban J connectivity index is 0.000000254. The number of nitrogens with one attached hydrogen (secondary N) is 1. The molecule has 2 saturated heterocycles. The van der Waals surface area contributed by atoms with Gasteiger partial charge in [-0.05, 0) is 66.1 Å². The quantitative estimate of drug-likeness (QED) is 0.0873. The lowest BCUT2D eigenvalue weighted by Gasteiger charge is -2.19. The summed E-state index contributed by atoms with van der Waals surface area (Å²) in [6.45, 7) is 1.54. The molecule has 11 nitrogen and oxygen atoms in total. The number of carbonyl (C=O) groups excluding carboxylic acids is 1. The van der Waals surface area contributed by atoms with Crippen molar-refractivity contribution in [2.24, 2.45) is 0 Å². The minimum atomic E-state index is -4.50. The number of amides is 1. The molecule has 4 aromatic rings. The first-order chi connectivity index (χ1) is 27.2. The normalized spacial score (nSPS) is 16.1. The van der Waals surface area contributed by atoms with Crippen LogP contribution in [0.4, 0.5) is 31.1 Å². The Morgan fingerprint density at radius 3 is 1.69 bits per heavy atom. The Bertz CT molecular complexity index is 1860. The zero-order chi connectivity index (χ0) is 41.4. The fourth-order valence-corrected chi connectivity index (χ4v) is 5.50. The van der Waals surface area contributed by atoms with E-state index < -0.39 is 41.6 Å². The Hall–Kier alpha value is -4.79. The molecule has 0 saturated carbocycles. The molecule has 316 valence electrons. The van der Waals surface area contributed by atoms with Gasteiger partial charge in [0.25, 0.3) is 0 Å². The summed E-state index contributed by atoms with van der Waals surface area (Å²) in [5, 5.41) is 29.1. The first kappa shape index (κ1) is 47.6. The summed E-state index contributed by atoms with van der Waals surface area (Å²) in [5.41, 5.74) is 0.761. The van der Waals surface area contributed by atoms with Gasteiger partial charge in [0.2, 0.25) is 0 Å². The molecule has 18 heteroatoms. The van der Waals surface area contributed by atoms with E-state index in [9.17, 15) is 35.9 Å². The number of halogens is 7. The number of hydrogen-bond donors (Lipinski definition) is 4. The lowest BCUT2D eigenvalue weighted by atomic mass is 10.1. The molecule has 4 aromatic carbocycles. The van der Waals surface area contributed by atoms with Gasteiger partial charge in [0.05, 0.1) is 30.9 Å². The van der Waals surface area contributed by atoms with E-state index in [1.165, 1.54) is 35.2 Å². The minimum absolute atomic E-state index is 0. The second kappa shape index (κ2) is 23.0. The highest BCUT2D eigenvalue weighted by Gasteiger charge is 2.37. The van der Waals surface area contributed by atoms with Gasteiger partial charge in [-0.1, -0.05) is 60.7 Å². The van der Waals surface area contributed by atoms with Crippen molar-refractivity contribution >= 4 is 36.0 Å². The predicted octanol–water partition coefficient (Wildman–Crippen LogP) is 7.69. The van der Waals surface area contributed by atoms with Gasteiger partial charge in [-0.3, -0.25) is 0 Å². The van der Waals surface area contributed by atoms with Gasteiger partial charge in [-0.25, -0.2) is 9.59 Å². The van der Waals surface area contributed by atoms with Gasteiger partial charge < -0.3 is 44.5 Å². The van der Waals surface area contributed by atoms with E-state index >= 15 is 0 Å². The number of carboxylic acid groups (broad SMARTS) is 1. The molecule has 2 fully saturated rings. The molecule has 0 aliphatic carbocycles. The number of nitrogens with zero attached hydrogens (tertiary/aromatic N) is 1. The van der Waals surface area contributed by atoms with Crippen molar-refractivity contribution in [3.63, 3.8) is 0 Å². The summed E-state index contributed by atoms with van der Waals surface area (Å²) in [5.74, 6) is -0.839. The van der Waals surface area contributed by atoms with Gasteiger partial charge in [-0.2, -0.15) is 26.3 Å². The van der Waals surface area contributed by atoms with E-state index in [-0.39, 0.29) is 74.6 Å². The van der Waals surface area contributed by atoms with Crippen LogP contribution in [0.15, 0.2) is 97.1 Å². The Morgan fingerprint density at radius 1 is 0.707 bits per heavy atom. The summed E-state index contributed by atoms with van der Waals surface area (Å²) in [7, 11) is 0. The van der Waals surface area contributed by atoms with E-state index in [4.69, 9.17) is 34.3 Å². The maximum absolute atomic E-state index is 13.1. The van der Waals surface area contributed by atoms with Crippen LogP contribution < -0.4 is 19.5 Å². The molecule has 0 unspecified atom stereocenters. The number of aliphatic hydroxyl groups excluding tert-OH is 2. The van der Waals surface area contributed by atoms with Crippen molar-refractivity contribution in [3.05, 3.63) is 125 Å². The molecule has 2 atom stereocenters. The molecule has 2 aliphatic heterocycles. The smallest absolute Gasteiger partial charge is 0.419 e. The van der Waals surface area contributed by atoms with Crippen LogP contribution in [-0.2, 0) is 41.7 Å². The van der Waals surface area contributed by atoms with Crippen LogP contribution in [0.1, 0.15) is 40.7 Å². The summed E-state index contributed by atoms with van der Waals surface area (Å²) in [6, 6.07) is 23.9. The second-order valence-corrected chi connectivity index (χ2v) is 12.7. The summed E-state index contributed by atoms with van der Waals surface area (Å²) in [4.78, 5) is 23.7. The third kappa shape index (κ3) is 15.5. The van der Waals surface area contributed by atoms with Crippen LogP contribution in [0.25, 0.3) is 0 Å². The van der Waals surface area contributed by atoms with Crippen LogP contribution in [0.3, 0.4) is 0 Å². The fraction of sp³-hybridized carbons (Fsp3) is 0.350. The van der Waals surface area contributed by atoms with Crippen molar-refractivity contribution in [2.45, 2.75) is 57.2 Å². The SMILES string of the molecule is FC(F)(F)c1ccccc1O[C@H]1CCNC1.I.O=C(O)COc1ccc(CO)cc1.O=C(OCc1ccc(CO)cc1)N1CC[C@H](Oc2ccccc2C(F)(F)F)C1. The number of carbonyl (C=O) groups is 2. The summed E-state index contributed by atoms with van der Waals surface area (Å²) < 4.78 is 98.1. The molecule has 0 radical (unpaired) electrons. The van der Waals surface area contributed by atoms with Crippen LogP contribution in [0.5, 0.6) is 17.2 Å². The highest BCUT2D eigenvalue weighted by molar-refractivity contribution is 14.0. The molecule has 0 spiro atoms. The Kier molecular flexibility index (Phi) is 18.8. The average molecular weight is 937 g/mol. The van der Waals surface area contributed by atoms with Gasteiger partial charge in [0.1, 0.15) is 36.1 Å². The summed E-state index contributed by atoms with van der Waals surface area (Å²) in [6.07, 6.45) is -8.93. The highest BCUT2D eigenvalue weighted by atomic mass is 127. The molecular formula is C40H43F6IN2O9. The monoisotopic (exact) mass is 936 g/mol. The maximum atomic E-state index is 13.1. The molecule has 2 heterocycles. The molecular weight excluding hydrogens is 893 g/mol. The van der Waals surface area contributed by atoms with E-state index in [0.717, 1.165) is 41.8 Å². The molecule has 4 N–H and O–H groups in total. The molecule has 0 bridgehead atoms. The lowest BCUT2D eigenvalue weighted by Crippen LogP contribution is -2.31. The lowest BCUT2D eigenvalue weighted by molar-refractivity contribution is -0.140. The zero-order valence-corrected chi connectivity index (χ0v) is 33.2. The molecule has 1 amide bonds. The predicted molar refractivity (Wildman–Crippen MR) is 209 cm³/mol. The van der Waals surface area contributed by atoms with Crippen LogP contribution >= 0.6 is 24.0 Å². The molecule has 6 rings (SSSR count). The van der Waals surface area contributed by atoms with Gasteiger partial charge in [-0.15, -0.1) is 24.0 Å². The van der Waals surface area contributed by atoms with Crippen molar-refractivity contribution in [3.8, 4) is 17.2 Å². The van der Waals surface area contributed by atoms with E-state index in [1.54, 1.807) is 54.6 Å². The molecule has 2 aliphatic rings. The number of alkyl halides is 6. The number of likely N-dealkylation sites (tertiary alicyclic amines) is 1. The van der Waals surface area contributed by atoms with Gasteiger partial charge in [0, 0.05) is 19.5 Å². The number of rotatable bonds is 11. The molecule has 58 heavy (non-hydrogen) atoms. The van der Waals surface area contributed by atoms with E-state index in [0.29, 0.717) is 25.3 Å². The molecule has 0 aromatic heterocycles. The topological polar surface area (TPSA) is 147 Å². The highest BCUT2D eigenvalue weighted by Crippen LogP contribution is 2.38. The maximum Gasteiger partial charge on any atom is 0.419 e. The van der Waals surface area contributed by atoms with Gasteiger partial charge >= 0.3 is 24.4 Å². The van der Waals surface area contributed by atoms with Crippen molar-refractivity contribution in [1.82, 2.24) is 10.2 Å². The second-order valence-electron chi connectivity index (χ2n) is 12.7. The Labute approximate surface area is 347 Å². The third-order valence-electron chi connectivity index (χ3n) is 8.43. The Morgan fingerprint density at radius 2 is 1.21 bits per heavy atom. The van der Waals surface area contributed by atoms with Crippen LogP contribution in [0, 0.1) is 0 Å². The zero-order valence-electron chi connectivity index (χ0n) is 30.9. The number of ether oxygens (including phenoxy) is 4. The number of aliphatic hydroxyl groups is 2. The van der Waals surface area contributed by atoms with Crippen molar-refractivity contribution in [1.29, 1.82) is 0 Å². The van der Waals surface area contributed by atoms with Crippen LogP contribution in [-0.4, -0.2) is 77.3 Å². The van der Waals surface area contributed by atoms with Crippen molar-refractivity contribution < 1.29 is 70.2 Å². The van der Waals surface area contributed by atoms with Crippen LogP contribution in [0.2, 0.25) is 0 Å². The fourth-order valence-electron chi connectivity index (χ4n) is 5.50. The number of carboxylic acids is 1. The number of para-hydroxylation sites is 2. The number of aliphatic carboxylic acids is 1.